The quantitative estimate of drug-likeness (QED) is 0.677. The lowest BCUT2D eigenvalue weighted by molar-refractivity contribution is -0.144. The minimum atomic E-state index is -0.240. The van der Waals surface area contributed by atoms with Crippen LogP contribution in [0.4, 0.5) is 0 Å². The number of fused-ring (bicyclic) bond motifs is 1. The lowest BCUT2D eigenvalue weighted by atomic mass is 9.96. The lowest BCUT2D eigenvalue weighted by Crippen LogP contribution is -2.43. The first kappa shape index (κ1) is 15.0. The zero-order valence-electron chi connectivity index (χ0n) is 12.7. The number of methoxy groups -OCH3 is 1. The minimum absolute atomic E-state index is 0.165. The molecule has 20 heavy (non-hydrogen) atoms. The Balaban J connectivity index is 2.21. The van der Waals surface area contributed by atoms with E-state index in [-0.39, 0.29) is 24.0 Å². The Labute approximate surface area is 121 Å². The van der Waals surface area contributed by atoms with Crippen LogP contribution in [-0.4, -0.2) is 19.1 Å². The van der Waals surface area contributed by atoms with Crippen LogP contribution in [0.25, 0.3) is 0 Å². The molecule has 0 amide bonds. The fourth-order valence-electron chi connectivity index (χ4n) is 2.97. The molecule has 2 unspecified atom stereocenters. The van der Waals surface area contributed by atoms with Gasteiger partial charge in [0.15, 0.2) is 0 Å². The number of carbonyl (C=O) groups excluding carboxylic acids is 1. The highest BCUT2D eigenvalue weighted by Gasteiger charge is 2.28. The van der Waals surface area contributed by atoms with Crippen molar-refractivity contribution in [3.8, 4) is 0 Å². The molecule has 0 heterocycles. The second-order valence-electron chi connectivity index (χ2n) is 5.91. The summed E-state index contributed by atoms with van der Waals surface area (Å²) in [5, 5.41) is 3.53. The third kappa shape index (κ3) is 3.40. The van der Waals surface area contributed by atoms with E-state index in [0.717, 1.165) is 12.8 Å². The molecule has 110 valence electrons. The molecular weight excluding hydrogens is 250 g/mol. The van der Waals surface area contributed by atoms with Gasteiger partial charge in [-0.3, -0.25) is 10.1 Å². The minimum Gasteiger partial charge on any atom is -0.468 e. The van der Waals surface area contributed by atoms with Crippen LogP contribution in [0.3, 0.4) is 0 Å². The van der Waals surface area contributed by atoms with E-state index in [9.17, 15) is 4.79 Å². The van der Waals surface area contributed by atoms with Gasteiger partial charge >= 0.3 is 5.97 Å². The zero-order chi connectivity index (χ0) is 14.5. The van der Waals surface area contributed by atoms with Gasteiger partial charge in [0.25, 0.3) is 0 Å². The first-order valence-corrected chi connectivity index (χ1v) is 7.55. The average Bonchev–Trinajstić information content (AvgIpc) is 2.66. The molecule has 0 spiro atoms. The summed E-state index contributed by atoms with van der Waals surface area (Å²) < 4.78 is 4.93. The predicted octanol–water partition coefficient (Wildman–Crippen LogP) is 3.24. The first-order chi connectivity index (χ1) is 9.63. The van der Waals surface area contributed by atoms with Crippen molar-refractivity contribution in [2.45, 2.75) is 51.6 Å². The molecule has 0 saturated carbocycles. The summed E-state index contributed by atoms with van der Waals surface area (Å²) in [6.07, 6.45) is 4.63. The monoisotopic (exact) mass is 275 g/mol. The van der Waals surface area contributed by atoms with Gasteiger partial charge in [0.05, 0.1) is 7.11 Å². The van der Waals surface area contributed by atoms with E-state index in [1.54, 1.807) is 0 Å². The summed E-state index contributed by atoms with van der Waals surface area (Å²) >= 11 is 0. The summed E-state index contributed by atoms with van der Waals surface area (Å²) in [7, 11) is 1.46. The van der Waals surface area contributed by atoms with Crippen molar-refractivity contribution < 1.29 is 9.53 Å². The second-order valence-corrected chi connectivity index (χ2v) is 5.91. The Bertz CT molecular complexity index is 456. The van der Waals surface area contributed by atoms with Gasteiger partial charge in [-0.1, -0.05) is 44.5 Å². The number of hydrogen-bond donors (Lipinski definition) is 1. The number of aryl methyl sites for hydroxylation is 1. The van der Waals surface area contributed by atoms with E-state index in [0.29, 0.717) is 0 Å². The van der Waals surface area contributed by atoms with Crippen LogP contribution in [0, 0.1) is 5.92 Å². The van der Waals surface area contributed by atoms with E-state index < -0.39 is 0 Å². The van der Waals surface area contributed by atoms with Crippen molar-refractivity contribution in [3.63, 3.8) is 0 Å². The number of hydrogen-bond acceptors (Lipinski definition) is 3. The summed E-state index contributed by atoms with van der Waals surface area (Å²) in [5.74, 6) is 0.0552. The van der Waals surface area contributed by atoms with Gasteiger partial charge in [-0.15, -0.1) is 0 Å². The normalized spacial score (nSPS) is 20.1. The number of benzene rings is 1. The Morgan fingerprint density at radius 2 is 2.05 bits per heavy atom. The highest BCUT2D eigenvalue weighted by Crippen LogP contribution is 2.29. The summed E-state index contributed by atoms with van der Waals surface area (Å²) in [4.78, 5) is 11.9. The van der Waals surface area contributed by atoms with Gasteiger partial charge < -0.3 is 4.74 Å². The van der Waals surface area contributed by atoms with Crippen molar-refractivity contribution in [1.82, 2.24) is 5.32 Å². The third-order valence-corrected chi connectivity index (χ3v) is 4.12. The molecule has 1 aliphatic rings. The fourth-order valence-corrected chi connectivity index (χ4v) is 2.97. The van der Waals surface area contributed by atoms with Crippen LogP contribution in [0.1, 0.15) is 50.3 Å². The van der Waals surface area contributed by atoms with Gasteiger partial charge in [0, 0.05) is 6.04 Å². The summed E-state index contributed by atoms with van der Waals surface area (Å²) in [6, 6.07) is 8.59. The van der Waals surface area contributed by atoms with Crippen LogP contribution >= 0.6 is 0 Å². The molecule has 0 saturated heterocycles. The smallest absolute Gasteiger partial charge is 0.323 e. The molecule has 0 fully saturated rings. The highest BCUT2D eigenvalue weighted by atomic mass is 16.5. The Hall–Kier alpha value is -1.35. The van der Waals surface area contributed by atoms with E-state index in [1.165, 1.54) is 31.1 Å². The van der Waals surface area contributed by atoms with Gasteiger partial charge in [-0.25, -0.2) is 0 Å². The fraction of sp³-hybridized carbons (Fsp3) is 0.588. The number of ether oxygens (including phenoxy) is 1. The Morgan fingerprint density at radius 3 is 2.75 bits per heavy atom. The van der Waals surface area contributed by atoms with Crippen LogP contribution in [-0.2, 0) is 16.0 Å². The number of rotatable bonds is 4. The van der Waals surface area contributed by atoms with E-state index in [1.807, 2.05) is 0 Å². The van der Waals surface area contributed by atoms with Gasteiger partial charge in [0.2, 0.25) is 0 Å². The largest absolute Gasteiger partial charge is 0.468 e. The highest BCUT2D eigenvalue weighted by molar-refractivity contribution is 5.76. The SMILES string of the molecule is COC(=O)C(NC1CCCCc2ccccc21)C(C)C. The summed E-state index contributed by atoms with van der Waals surface area (Å²) in [5.41, 5.74) is 2.76. The molecule has 1 aromatic rings. The van der Waals surface area contributed by atoms with E-state index >= 15 is 0 Å². The Morgan fingerprint density at radius 1 is 1.30 bits per heavy atom. The third-order valence-electron chi connectivity index (χ3n) is 4.12. The van der Waals surface area contributed by atoms with Gasteiger partial charge in [-0.2, -0.15) is 0 Å². The molecule has 3 nitrogen and oxygen atoms in total. The second kappa shape index (κ2) is 6.89. The maximum atomic E-state index is 11.9. The molecular formula is C17H25NO2. The lowest BCUT2D eigenvalue weighted by Gasteiger charge is -2.27. The maximum absolute atomic E-state index is 11.9. The van der Waals surface area contributed by atoms with E-state index in [4.69, 9.17) is 4.74 Å². The van der Waals surface area contributed by atoms with Crippen LogP contribution in [0.2, 0.25) is 0 Å². The van der Waals surface area contributed by atoms with E-state index in [2.05, 4.69) is 43.4 Å². The van der Waals surface area contributed by atoms with Crippen molar-refractivity contribution in [2.75, 3.05) is 7.11 Å². The van der Waals surface area contributed by atoms with Gasteiger partial charge in [-0.05, 0) is 36.3 Å². The molecule has 0 aromatic heterocycles. The van der Waals surface area contributed by atoms with Crippen molar-refractivity contribution in [3.05, 3.63) is 35.4 Å². The molecule has 0 bridgehead atoms. The number of esters is 1. The van der Waals surface area contributed by atoms with Crippen molar-refractivity contribution in [2.24, 2.45) is 5.92 Å². The van der Waals surface area contributed by atoms with Crippen molar-refractivity contribution >= 4 is 5.97 Å². The zero-order valence-corrected chi connectivity index (χ0v) is 12.7. The molecule has 3 heteroatoms. The van der Waals surface area contributed by atoms with Crippen LogP contribution < -0.4 is 5.32 Å². The molecule has 1 aliphatic carbocycles. The molecule has 0 radical (unpaired) electrons. The molecule has 2 atom stereocenters. The van der Waals surface area contributed by atoms with Crippen molar-refractivity contribution in [1.29, 1.82) is 0 Å². The van der Waals surface area contributed by atoms with Crippen LogP contribution in [0.15, 0.2) is 24.3 Å². The summed E-state index contributed by atoms with van der Waals surface area (Å²) in [6.45, 7) is 4.11. The van der Waals surface area contributed by atoms with Gasteiger partial charge in [0.1, 0.15) is 6.04 Å². The average molecular weight is 275 g/mol. The molecule has 0 aliphatic heterocycles. The molecule has 2 rings (SSSR count). The first-order valence-electron chi connectivity index (χ1n) is 7.55. The predicted molar refractivity (Wildman–Crippen MR) is 80.5 cm³/mol. The number of nitrogens with one attached hydrogen (secondary N) is 1. The maximum Gasteiger partial charge on any atom is 0.323 e. The number of carbonyl (C=O) groups is 1. The Kier molecular flexibility index (Phi) is 5.18. The standard InChI is InChI=1S/C17H25NO2/c1-12(2)16(17(19)20-3)18-15-11-7-5-9-13-8-4-6-10-14(13)15/h4,6,8,10,12,15-16,18H,5,7,9,11H2,1-3H3. The molecule has 1 N–H and O–H groups in total. The molecule has 1 aromatic carbocycles. The van der Waals surface area contributed by atoms with Crippen LogP contribution in [0.5, 0.6) is 0 Å². The topological polar surface area (TPSA) is 38.3 Å².